The van der Waals surface area contributed by atoms with Gasteiger partial charge in [-0.25, -0.2) is 24.7 Å². The van der Waals surface area contributed by atoms with Crippen LogP contribution in [-0.2, 0) is 11.3 Å². The summed E-state index contributed by atoms with van der Waals surface area (Å²) in [4.78, 5) is 32.7. The van der Waals surface area contributed by atoms with Crippen LogP contribution in [0.5, 0.6) is 17.6 Å². The number of anilines is 1. The average molecular weight is 421 g/mol. The maximum atomic E-state index is 11.4. The van der Waals surface area contributed by atoms with Gasteiger partial charge in [0.1, 0.15) is 17.3 Å². The Morgan fingerprint density at radius 1 is 1.06 bits per heavy atom. The highest BCUT2D eigenvalue weighted by Crippen LogP contribution is 2.25. The van der Waals surface area contributed by atoms with Gasteiger partial charge in [-0.1, -0.05) is 6.07 Å². The lowest BCUT2D eigenvalue weighted by Crippen LogP contribution is -2.05. The summed E-state index contributed by atoms with van der Waals surface area (Å²) < 4.78 is 17.5. The Labute approximate surface area is 176 Å². The first kappa shape index (κ1) is 20.0. The molecule has 0 saturated heterocycles. The zero-order valence-electron chi connectivity index (χ0n) is 17.1. The van der Waals surface area contributed by atoms with Crippen LogP contribution in [0, 0.1) is 6.92 Å². The molecule has 0 spiro atoms. The summed E-state index contributed by atoms with van der Waals surface area (Å²) in [7, 11) is 2.83. The molecule has 0 bridgehead atoms. The summed E-state index contributed by atoms with van der Waals surface area (Å²) in [6.45, 7) is 2.18. The van der Waals surface area contributed by atoms with E-state index < -0.39 is 5.97 Å². The number of imidazole rings is 1. The number of aryl methyl sites for hydroxylation is 1. The average Bonchev–Trinajstić information content (AvgIpc) is 3.12. The zero-order chi connectivity index (χ0) is 22.0. The molecule has 158 valence electrons. The maximum absolute atomic E-state index is 11.4. The number of nitrogens with two attached hydrogens (primary N) is 1. The SMILES string of the molecule is COC(=O)c1ccc(Oc2ccc(Cn3c(OC)nc4c(N)nc(C)nc43)cn2)cn1. The van der Waals surface area contributed by atoms with Gasteiger partial charge in [-0.15, -0.1) is 0 Å². The molecule has 0 atom stereocenters. The molecule has 4 rings (SSSR count). The molecule has 0 unspecified atom stereocenters. The number of hydrogen-bond acceptors (Lipinski definition) is 10. The first-order chi connectivity index (χ1) is 15.0. The van der Waals surface area contributed by atoms with Gasteiger partial charge >= 0.3 is 5.97 Å². The number of methoxy groups -OCH3 is 2. The van der Waals surface area contributed by atoms with Crippen LogP contribution in [0.1, 0.15) is 21.9 Å². The van der Waals surface area contributed by atoms with E-state index in [1.165, 1.54) is 26.5 Å². The first-order valence-corrected chi connectivity index (χ1v) is 9.20. The second-order valence-electron chi connectivity index (χ2n) is 6.49. The summed E-state index contributed by atoms with van der Waals surface area (Å²) in [5, 5.41) is 0. The topological polar surface area (TPSA) is 140 Å². The predicted octanol–water partition coefficient (Wildman–Crippen LogP) is 2.14. The molecule has 0 fully saturated rings. The molecule has 0 aliphatic heterocycles. The lowest BCUT2D eigenvalue weighted by Gasteiger charge is -2.09. The maximum Gasteiger partial charge on any atom is 0.356 e. The van der Waals surface area contributed by atoms with E-state index in [1.807, 2.05) is 6.07 Å². The number of esters is 1. The van der Waals surface area contributed by atoms with Crippen molar-refractivity contribution in [1.82, 2.24) is 29.5 Å². The number of pyridine rings is 2. The van der Waals surface area contributed by atoms with Gasteiger partial charge in [-0.2, -0.15) is 4.98 Å². The number of nitrogen functional groups attached to an aromatic ring is 1. The minimum Gasteiger partial charge on any atom is -0.468 e. The van der Waals surface area contributed by atoms with E-state index in [0.29, 0.717) is 47.0 Å². The number of ether oxygens (including phenoxy) is 3. The smallest absolute Gasteiger partial charge is 0.356 e. The molecule has 0 saturated carbocycles. The van der Waals surface area contributed by atoms with Crippen molar-refractivity contribution in [3.05, 3.63) is 53.7 Å². The molecule has 31 heavy (non-hydrogen) atoms. The van der Waals surface area contributed by atoms with Crippen molar-refractivity contribution in [3.8, 4) is 17.6 Å². The van der Waals surface area contributed by atoms with Gasteiger partial charge in [0.05, 0.1) is 27.0 Å². The number of nitrogens with zero attached hydrogens (tertiary/aromatic N) is 6. The second kappa shape index (κ2) is 8.22. The number of carbonyl (C=O) groups is 1. The van der Waals surface area contributed by atoms with Crippen molar-refractivity contribution < 1.29 is 19.0 Å². The summed E-state index contributed by atoms with van der Waals surface area (Å²) in [5.74, 6) is 1.15. The molecule has 0 amide bonds. The second-order valence-corrected chi connectivity index (χ2v) is 6.49. The zero-order valence-corrected chi connectivity index (χ0v) is 17.1. The quantitative estimate of drug-likeness (QED) is 0.460. The number of rotatable bonds is 6. The highest BCUT2D eigenvalue weighted by atomic mass is 16.5. The fourth-order valence-electron chi connectivity index (χ4n) is 2.95. The highest BCUT2D eigenvalue weighted by Gasteiger charge is 2.17. The molecule has 0 aliphatic carbocycles. The van der Waals surface area contributed by atoms with E-state index in [-0.39, 0.29) is 5.69 Å². The Hall–Kier alpha value is -4.28. The molecule has 0 aliphatic rings. The van der Waals surface area contributed by atoms with E-state index in [0.717, 1.165) is 5.56 Å². The largest absolute Gasteiger partial charge is 0.468 e. The fraction of sp³-hybridized carbons (Fsp3) is 0.200. The van der Waals surface area contributed by atoms with Crippen molar-refractivity contribution >= 4 is 23.0 Å². The van der Waals surface area contributed by atoms with Gasteiger partial charge in [0.15, 0.2) is 17.0 Å². The Balaban J connectivity index is 1.53. The lowest BCUT2D eigenvalue weighted by molar-refractivity contribution is 0.0594. The molecule has 4 aromatic heterocycles. The van der Waals surface area contributed by atoms with Crippen LogP contribution in [0.25, 0.3) is 11.2 Å². The van der Waals surface area contributed by atoms with Gasteiger partial charge in [0.25, 0.3) is 6.01 Å². The summed E-state index contributed by atoms with van der Waals surface area (Å²) in [5.41, 5.74) is 8.11. The van der Waals surface area contributed by atoms with Gasteiger partial charge in [0, 0.05) is 12.3 Å². The minimum absolute atomic E-state index is 0.194. The lowest BCUT2D eigenvalue weighted by atomic mass is 10.3. The predicted molar refractivity (Wildman–Crippen MR) is 110 cm³/mol. The van der Waals surface area contributed by atoms with Crippen LogP contribution < -0.4 is 15.2 Å². The summed E-state index contributed by atoms with van der Waals surface area (Å²) in [6, 6.07) is 7.09. The molecular formula is C20H19N7O4. The van der Waals surface area contributed by atoms with Crippen molar-refractivity contribution in [2.75, 3.05) is 20.0 Å². The number of aromatic nitrogens is 6. The Bertz CT molecular complexity index is 1240. The third kappa shape index (κ3) is 4.06. The van der Waals surface area contributed by atoms with Crippen LogP contribution in [0.15, 0.2) is 36.7 Å². The van der Waals surface area contributed by atoms with Crippen molar-refractivity contribution in [2.24, 2.45) is 0 Å². The Morgan fingerprint density at radius 3 is 2.55 bits per heavy atom. The van der Waals surface area contributed by atoms with Gasteiger partial charge in [0.2, 0.25) is 5.88 Å². The first-order valence-electron chi connectivity index (χ1n) is 9.20. The summed E-state index contributed by atoms with van der Waals surface area (Å²) >= 11 is 0. The normalized spacial score (nSPS) is 10.8. The third-order valence-electron chi connectivity index (χ3n) is 4.37. The van der Waals surface area contributed by atoms with Crippen LogP contribution in [-0.4, -0.2) is 49.7 Å². The van der Waals surface area contributed by atoms with Crippen LogP contribution in [0.4, 0.5) is 5.82 Å². The van der Waals surface area contributed by atoms with Crippen LogP contribution in [0.2, 0.25) is 0 Å². The highest BCUT2D eigenvalue weighted by molar-refractivity contribution is 5.87. The van der Waals surface area contributed by atoms with Crippen LogP contribution in [0.3, 0.4) is 0 Å². The molecular weight excluding hydrogens is 402 g/mol. The Kier molecular flexibility index (Phi) is 5.31. The fourth-order valence-corrected chi connectivity index (χ4v) is 2.95. The molecule has 4 aromatic rings. The molecule has 2 N–H and O–H groups in total. The number of carbonyl (C=O) groups excluding carboxylic acids is 1. The van der Waals surface area contributed by atoms with Gasteiger partial charge < -0.3 is 19.9 Å². The van der Waals surface area contributed by atoms with E-state index in [4.69, 9.17) is 15.2 Å². The van der Waals surface area contributed by atoms with Crippen LogP contribution >= 0.6 is 0 Å². The molecule has 11 nitrogen and oxygen atoms in total. The molecule has 11 heteroatoms. The molecule has 4 heterocycles. The molecule has 0 aromatic carbocycles. The van der Waals surface area contributed by atoms with Crippen molar-refractivity contribution in [1.29, 1.82) is 0 Å². The number of fused-ring (bicyclic) bond motifs is 1. The van der Waals surface area contributed by atoms with Crippen molar-refractivity contribution in [3.63, 3.8) is 0 Å². The number of hydrogen-bond donors (Lipinski definition) is 1. The van der Waals surface area contributed by atoms with E-state index in [2.05, 4.69) is 29.7 Å². The standard InChI is InChI=1S/C20H19N7O4/c1-11-24-17(21)16-18(25-11)27(20(26-16)30-3)10-12-4-7-15(23-8-12)31-13-5-6-14(22-9-13)19(28)29-2/h4-9H,10H2,1-3H3,(H2,21,24,25). The Morgan fingerprint density at radius 2 is 1.90 bits per heavy atom. The van der Waals surface area contributed by atoms with E-state index in [1.54, 1.807) is 29.8 Å². The minimum atomic E-state index is -0.515. The van der Waals surface area contributed by atoms with E-state index >= 15 is 0 Å². The van der Waals surface area contributed by atoms with Gasteiger partial charge in [-0.3, -0.25) is 4.57 Å². The third-order valence-corrected chi connectivity index (χ3v) is 4.37. The van der Waals surface area contributed by atoms with Crippen molar-refractivity contribution in [2.45, 2.75) is 13.5 Å². The molecule has 0 radical (unpaired) electrons. The summed E-state index contributed by atoms with van der Waals surface area (Å²) in [6.07, 6.45) is 3.10. The van der Waals surface area contributed by atoms with Gasteiger partial charge in [-0.05, 0) is 24.6 Å². The van der Waals surface area contributed by atoms with E-state index in [9.17, 15) is 4.79 Å². The monoisotopic (exact) mass is 421 g/mol.